The number of carbonyl (C=O) groups excluding carboxylic acids is 2. The highest BCUT2D eigenvalue weighted by molar-refractivity contribution is 5.89. The molecule has 1 saturated carbocycles. The molecule has 44 heavy (non-hydrogen) atoms. The summed E-state index contributed by atoms with van der Waals surface area (Å²) >= 11 is 0. The van der Waals surface area contributed by atoms with Crippen LogP contribution >= 0.6 is 0 Å². The predicted octanol–water partition coefficient (Wildman–Crippen LogP) is 7.62. The molecule has 0 N–H and O–H groups in total. The second kappa shape index (κ2) is 12.0. The molecule has 0 saturated heterocycles. The van der Waals surface area contributed by atoms with Crippen LogP contribution in [0.4, 0.5) is 13.2 Å². The SMILES string of the molecule is CCOC(=O)[C@@H](OC(C)(C)C)c1c(C)c2c(c(C)c1-c1cc(F)c3c(c1C)CCCO3)CN(C1CCCC(F)(F)C1)C(=O)C2. The zero-order valence-electron chi connectivity index (χ0n) is 26.9. The number of ether oxygens (including phenoxy) is 3. The van der Waals surface area contributed by atoms with E-state index in [-0.39, 0.29) is 44.1 Å². The molecule has 2 aliphatic heterocycles. The molecule has 3 aliphatic rings. The quantitative estimate of drug-likeness (QED) is 0.313. The lowest BCUT2D eigenvalue weighted by molar-refractivity contribution is -0.166. The third-order valence-corrected chi connectivity index (χ3v) is 9.29. The van der Waals surface area contributed by atoms with Crippen molar-refractivity contribution in [1.82, 2.24) is 4.90 Å². The summed E-state index contributed by atoms with van der Waals surface area (Å²) in [6.45, 7) is 13.7. The van der Waals surface area contributed by atoms with Gasteiger partial charge in [-0.3, -0.25) is 4.79 Å². The van der Waals surface area contributed by atoms with E-state index >= 15 is 4.39 Å². The van der Waals surface area contributed by atoms with Crippen molar-refractivity contribution in [2.24, 2.45) is 0 Å². The Hall–Kier alpha value is -3.07. The van der Waals surface area contributed by atoms with Crippen molar-refractivity contribution in [3.63, 3.8) is 0 Å². The summed E-state index contributed by atoms with van der Waals surface area (Å²) in [6.07, 6.45) is 0.661. The third-order valence-electron chi connectivity index (χ3n) is 9.29. The summed E-state index contributed by atoms with van der Waals surface area (Å²) in [7, 11) is 0. The minimum atomic E-state index is -2.81. The number of rotatable bonds is 6. The monoisotopic (exact) mass is 615 g/mol. The molecule has 1 unspecified atom stereocenters. The van der Waals surface area contributed by atoms with Crippen molar-refractivity contribution in [2.45, 2.75) is 124 Å². The number of fused-ring (bicyclic) bond motifs is 2. The molecule has 0 radical (unpaired) electrons. The first-order valence-electron chi connectivity index (χ1n) is 15.7. The molecule has 1 amide bonds. The van der Waals surface area contributed by atoms with E-state index in [1.807, 2.05) is 41.5 Å². The summed E-state index contributed by atoms with van der Waals surface area (Å²) in [4.78, 5) is 28.8. The van der Waals surface area contributed by atoms with Gasteiger partial charge in [-0.1, -0.05) is 0 Å². The van der Waals surface area contributed by atoms with Gasteiger partial charge in [0.15, 0.2) is 17.7 Å². The number of alkyl halides is 2. The zero-order valence-corrected chi connectivity index (χ0v) is 26.9. The first kappa shape index (κ1) is 32.3. The second-order valence-electron chi connectivity index (χ2n) is 13.5. The van der Waals surface area contributed by atoms with Gasteiger partial charge in [0, 0.05) is 36.6 Å². The fourth-order valence-corrected chi connectivity index (χ4v) is 7.25. The Morgan fingerprint density at radius 3 is 2.50 bits per heavy atom. The lowest BCUT2D eigenvalue weighted by Crippen LogP contribution is -2.48. The lowest BCUT2D eigenvalue weighted by atomic mass is 9.77. The number of hydrogen-bond acceptors (Lipinski definition) is 5. The largest absolute Gasteiger partial charge is 0.490 e. The summed E-state index contributed by atoms with van der Waals surface area (Å²) in [6, 6.07) is 0.906. The van der Waals surface area contributed by atoms with Crippen LogP contribution in [-0.2, 0) is 38.4 Å². The van der Waals surface area contributed by atoms with Crippen molar-refractivity contribution in [2.75, 3.05) is 13.2 Å². The molecule has 0 bridgehead atoms. The molecule has 2 heterocycles. The van der Waals surface area contributed by atoms with Gasteiger partial charge in [-0.05, 0) is 119 Å². The minimum absolute atomic E-state index is 0.0216. The van der Waals surface area contributed by atoms with Crippen LogP contribution in [0.15, 0.2) is 6.07 Å². The van der Waals surface area contributed by atoms with E-state index in [0.29, 0.717) is 48.1 Å². The Balaban J connectivity index is 1.77. The Morgan fingerprint density at radius 2 is 1.84 bits per heavy atom. The van der Waals surface area contributed by atoms with Crippen molar-refractivity contribution in [1.29, 1.82) is 0 Å². The molecule has 2 aromatic rings. The summed E-state index contributed by atoms with van der Waals surface area (Å²) in [5.74, 6) is -3.81. The molecule has 9 heteroatoms. The average Bonchev–Trinajstić information content (AvgIpc) is 2.94. The van der Waals surface area contributed by atoms with Crippen LogP contribution < -0.4 is 4.74 Å². The van der Waals surface area contributed by atoms with Crippen LogP contribution in [0.1, 0.15) is 105 Å². The number of benzene rings is 2. The Labute approximate surface area is 258 Å². The molecule has 1 aliphatic carbocycles. The molecule has 5 rings (SSSR count). The molecular formula is C35H44F3NO5. The standard InChI is InChI=1S/C35H44F3NO5/c1-8-42-33(41)32(44-34(5,6)7)30-20(3)24-16-28(40)39(22-11-9-13-35(37,38)17-22)18-26(24)21(4)29(30)25-15-27(36)31-23(19(25)2)12-10-14-43-31/h15,22,32H,8-14,16-18H2,1-7H3/t22?,32-/m0/s1. The van der Waals surface area contributed by atoms with Gasteiger partial charge in [-0.25, -0.2) is 18.0 Å². The van der Waals surface area contributed by atoms with E-state index in [0.717, 1.165) is 34.2 Å². The van der Waals surface area contributed by atoms with E-state index in [2.05, 4.69) is 0 Å². The van der Waals surface area contributed by atoms with Crippen LogP contribution in [0.25, 0.3) is 11.1 Å². The Kier molecular flexibility index (Phi) is 8.84. The average molecular weight is 616 g/mol. The smallest absolute Gasteiger partial charge is 0.339 e. The van der Waals surface area contributed by atoms with Crippen LogP contribution in [0.2, 0.25) is 0 Å². The van der Waals surface area contributed by atoms with Gasteiger partial charge in [0.2, 0.25) is 11.8 Å². The fraction of sp³-hybridized carbons (Fsp3) is 0.600. The molecular weight excluding hydrogens is 571 g/mol. The Morgan fingerprint density at radius 1 is 1.11 bits per heavy atom. The second-order valence-corrected chi connectivity index (χ2v) is 13.5. The summed E-state index contributed by atoms with van der Waals surface area (Å²) < 4.78 is 62.3. The first-order valence-corrected chi connectivity index (χ1v) is 15.7. The van der Waals surface area contributed by atoms with Gasteiger partial charge in [-0.2, -0.15) is 0 Å². The van der Waals surface area contributed by atoms with E-state index in [1.54, 1.807) is 11.8 Å². The molecule has 0 aromatic heterocycles. The van der Waals surface area contributed by atoms with Crippen molar-refractivity contribution >= 4 is 11.9 Å². The first-order chi connectivity index (χ1) is 20.6. The Bertz CT molecular complexity index is 1480. The van der Waals surface area contributed by atoms with E-state index in [1.165, 1.54) is 6.07 Å². The van der Waals surface area contributed by atoms with E-state index in [9.17, 15) is 18.4 Å². The highest BCUT2D eigenvalue weighted by atomic mass is 19.3. The normalized spacial score (nSPS) is 20.5. The maximum absolute atomic E-state index is 15.7. The highest BCUT2D eigenvalue weighted by Gasteiger charge is 2.43. The molecule has 2 aromatic carbocycles. The molecule has 2 atom stereocenters. The molecule has 6 nitrogen and oxygen atoms in total. The predicted molar refractivity (Wildman–Crippen MR) is 162 cm³/mol. The minimum Gasteiger partial charge on any atom is -0.490 e. The van der Waals surface area contributed by atoms with Gasteiger partial charge in [0.1, 0.15) is 0 Å². The van der Waals surface area contributed by atoms with E-state index < -0.39 is 35.5 Å². The maximum Gasteiger partial charge on any atom is 0.339 e. The topological polar surface area (TPSA) is 65.1 Å². The van der Waals surface area contributed by atoms with Gasteiger partial charge < -0.3 is 19.1 Å². The van der Waals surface area contributed by atoms with Gasteiger partial charge in [-0.15, -0.1) is 0 Å². The van der Waals surface area contributed by atoms with Gasteiger partial charge in [0.05, 0.1) is 25.2 Å². The number of amides is 1. The van der Waals surface area contributed by atoms with Crippen LogP contribution in [0.3, 0.4) is 0 Å². The number of hydrogen-bond donors (Lipinski definition) is 0. The maximum atomic E-state index is 15.7. The van der Waals surface area contributed by atoms with Crippen molar-refractivity contribution in [3.8, 4) is 16.9 Å². The third kappa shape index (κ3) is 6.09. The fourth-order valence-electron chi connectivity index (χ4n) is 7.25. The number of nitrogens with zero attached hydrogens (tertiary/aromatic N) is 1. The van der Waals surface area contributed by atoms with Crippen molar-refractivity contribution in [3.05, 3.63) is 50.8 Å². The van der Waals surface area contributed by atoms with E-state index in [4.69, 9.17) is 14.2 Å². The molecule has 240 valence electrons. The molecule has 0 spiro atoms. The van der Waals surface area contributed by atoms with Crippen LogP contribution in [-0.4, -0.2) is 47.6 Å². The van der Waals surface area contributed by atoms with Gasteiger partial charge >= 0.3 is 5.97 Å². The van der Waals surface area contributed by atoms with Crippen LogP contribution in [0, 0.1) is 26.6 Å². The van der Waals surface area contributed by atoms with Crippen LogP contribution in [0.5, 0.6) is 5.75 Å². The summed E-state index contributed by atoms with van der Waals surface area (Å²) in [5, 5.41) is 0. The summed E-state index contributed by atoms with van der Waals surface area (Å²) in [5.41, 5.74) is 5.77. The lowest BCUT2D eigenvalue weighted by Gasteiger charge is -2.41. The zero-order chi connectivity index (χ0) is 32.1. The number of esters is 1. The van der Waals surface area contributed by atoms with Gasteiger partial charge in [0.25, 0.3) is 0 Å². The molecule has 1 fully saturated rings. The number of halogens is 3. The van der Waals surface area contributed by atoms with Crippen molar-refractivity contribution < 1.29 is 37.0 Å². The number of carbonyl (C=O) groups is 2. The highest BCUT2D eigenvalue weighted by Crippen LogP contribution is 2.47.